The largest absolute Gasteiger partial charge is 0.465 e. The molecule has 0 spiro atoms. The lowest BCUT2D eigenvalue weighted by Gasteiger charge is -2.35. The van der Waals surface area contributed by atoms with Gasteiger partial charge in [0.2, 0.25) is 5.82 Å². The molecule has 1 aromatic heterocycles. The normalized spacial score (nSPS) is 22.0. The third-order valence-electron chi connectivity index (χ3n) is 3.18. The lowest BCUT2D eigenvalue weighted by molar-refractivity contribution is -0.384. The molecule has 0 N–H and O–H groups in total. The molecular weight excluding hydrogens is 278 g/mol. The smallest absolute Gasteiger partial charge is 0.339 e. The third-order valence-corrected chi connectivity index (χ3v) is 3.18. The molecule has 0 amide bonds. The second-order valence-corrected chi connectivity index (χ2v) is 4.98. The van der Waals surface area contributed by atoms with Crippen LogP contribution in [-0.4, -0.2) is 48.3 Å². The Morgan fingerprint density at radius 2 is 2.10 bits per heavy atom. The predicted octanol–water partition coefficient (Wildman–Crippen LogP) is 1.39. The van der Waals surface area contributed by atoms with Crippen molar-refractivity contribution in [3.63, 3.8) is 0 Å². The number of nitrogens with zero attached hydrogens (tertiary/aromatic N) is 3. The number of pyridine rings is 1. The number of esters is 1. The average Bonchev–Trinajstić information content (AvgIpc) is 2.44. The van der Waals surface area contributed by atoms with Crippen molar-refractivity contribution in [2.24, 2.45) is 0 Å². The number of methoxy groups -OCH3 is 1. The summed E-state index contributed by atoms with van der Waals surface area (Å²) in [5, 5.41) is 11.2. The van der Waals surface area contributed by atoms with Gasteiger partial charge < -0.3 is 14.4 Å². The van der Waals surface area contributed by atoms with Crippen LogP contribution >= 0.6 is 0 Å². The molecule has 1 aliphatic heterocycles. The van der Waals surface area contributed by atoms with Gasteiger partial charge in [0.25, 0.3) is 0 Å². The fraction of sp³-hybridized carbons (Fsp3) is 0.538. The molecule has 8 heteroatoms. The van der Waals surface area contributed by atoms with Crippen molar-refractivity contribution in [3.05, 3.63) is 27.9 Å². The van der Waals surface area contributed by atoms with Crippen LogP contribution in [0.4, 0.5) is 11.5 Å². The molecule has 1 aromatic rings. The van der Waals surface area contributed by atoms with E-state index in [0.29, 0.717) is 13.1 Å². The van der Waals surface area contributed by atoms with Crippen LogP contribution in [0.3, 0.4) is 0 Å². The molecule has 2 heterocycles. The Kier molecular flexibility index (Phi) is 4.37. The molecule has 2 unspecified atom stereocenters. The first-order valence-electron chi connectivity index (χ1n) is 6.55. The number of ether oxygens (including phenoxy) is 2. The van der Waals surface area contributed by atoms with E-state index in [1.54, 1.807) is 4.90 Å². The quantitative estimate of drug-likeness (QED) is 0.472. The van der Waals surface area contributed by atoms with Gasteiger partial charge in [-0.25, -0.2) is 9.78 Å². The lowest BCUT2D eigenvalue weighted by atomic mass is 10.2. The van der Waals surface area contributed by atoms with Gasteiger partial charge >= 0.3 is 11.7 Å². The van der Waals surface area contributed by atoms with Crippen LogP contribution in [0.1, 0.15) is 24.2 Å². The zero-order valence-corrected chi connectivity index (χ0v) is 12.1. The van der Waals surface area contributed by atoms with Gasteiger partial charge in [-0.15, -0.1) is 0 Å². The number of carbonyl (C=O) groups is 1. The first-order valence-corrected chi connectivity index (χ1v) is 6.55. The first-order chi connectivity index (χ1) is 9.92. The van der Waals surface area contributed by atoms with Gasteiger partial charge in [0, 0.05) is 25.4 Å². The van der Waals surface area contributed by atoms with E-state index in [-0.39, 0.29) is 29.3 Å². The van der Waals surface area contributed by atoms with E-state index in [1.807, 2.05) is 13.8 Å². The van der Waals surface area contributed by atoms with E-state index in [9.17, 15) is 14.9 Å². The number of anilines is 1. The SMILES string of the molecule is COC(=O)c1cnc(N2CC(C)OC(C)C2)c([N+](=O)[O-])c1. The highest BCUT2D eigenvalue weighted by molar-refractivity contribution is 5.90. The molecule has 0 aromatic carbocycles. The van der Waals surface area contributed by atoms with E-state index in [1.165, 1.54) is 19.4 Å². The summed E-state index contributed by atoms with van der Waals surface area (Å²) in [7, 11) is 1.22. The Morgan fingerprint density at radius 3 is 2.62 bits per heavy atom. The number of morpholine rings is 1. The second-order valence-electron chi connectivity index (χ2n) is 4.98. The van der Waals surface area contributed by atoms with Gasteiger partial charge in [-0.3, -0.25) is 10.1 Å². The Balaban J connectivity index is 2.38. The van der Waals surface area contributed by atoms with E-state index >= 15 is 0 Å². The van der Waals surface area contributed by atoms with Crippen LogP contribution in [0.2, 0.25) is 0 Å². The van der Waals surface area contributed by atoms with Crippen molar-refractivity contribution < 1.29 is 19.2 Å². The fourth-order valence-corrected chi connectivity index (χ4v) is 2.40. The molecule has 0 saturated carbocycles. The standard InChI is InChI=1S/C13H17N3O5/c1-8-6-15(7-9(2)21-8)12-11(16(18)19)4-10(5-14-12)13(17)20-3/h4-5,8-9H,6-7H2,1-3H3. The topological polar surface area (TPSA) is 94.8 Å². The Labute approximate surface area is 121 Å². The second kappa shape index (κ2) is 6.04. The molecule has 0 bridgehead atoms. The van der Waals surface area contributed by atoms with Gasteiger partial charge in [-0.05, 0) is 13.8 Å². The van der Waals surface area contributed by atoms with Crippen LogP contribution in [0.15, 0.2) is 12.3 Å². The van der Waals surface area contributed by atoms with Crippen molar-refractivity contribution >= 4 is 17.5 Å². The van der Waals surface area contributed by atoms with Crippen LogP contribution in [0, 0.1) is 10.1 Å². The Hall–Kier alpha value is -2.22. The number of nitro groups is 1. The highest BCUT2D eigenvalue weighted by Crippen LogP contribution is 2.29. The predicted molar refractivity (Wildman–Crippen MR) is 74.5 cm³/mol. The minimum absolute atomic E-state index is 0.0459. The van der Waals surface area contributed by atoms with Crippen LogP contribution in [0.25, 0.3) is 0 Å². The third kappa shape index (κ3) is 3.27. The molecule has 2 rings (SSSR count). The molecular formula is C13H17N3O5. The van der Waals surface area contributed by atoms with Crippen molar-refractivity contribution in [2.75, 3.05) is 25.1 Å². The number of rotatable bonds is 3. The van der Waals surface area contributed by atoms with E-state index in [4.69, 9.17) is 4.74 Å². The molecule has 8 nitrogen and oxygen atoms in total. The van der Waals surface area contributed by atoms with Gasteiger partial charge in [0.1, 0.15) is 0 Å². The molecule has 1 saturated heterocycles. The minimum Gasteiger partial charge on any atom is -0.465 e. The molecule has 0 aliphatic carbocycles. The zero-order chi connectivity index (χ0) is 15.6. The monoisotopic (exact) mass is 295 g/mol. The molecule has 1 fully saturated rings. The van der Waals surface area contributed by atoms with Crippen LogP contribution < -0.4 is 4.90 Å². The molecule has 0 radical (unpaired) electrons. The van der Waals surface area contributed by atoms with Gasteiger partial charge in [-0.2, -0.15) is 0 Å². The van der Waals surface area contributed by atoms with Gasteiger partial charge in [0.15, 0.2) is 0 Å². The highest BCUT2D eigenvalue weighted by Gasteiger charge is 2.29. The van der Waals surface area contributed by atoms with E-state index in [2.05, 4.69) is 9.72 Å². The van der Waals surface area contributed by atoms with Crippen molar-refractivity contribution in [3.8, 4) is 0 Å². The molecule has 114 valence electrons. The Morgan fingerprint density at radius 1 is 1.48 bits per heavy atom. The number of hydrogen-bond acceptors (Lipinski definition) is 7. The highest BCUT2D eigenvalue weighted by atomic mass is 16.6. The van der Waals surface area contributed by atoms with E-state index < -0.39 is 10.9 Å². The summed E-state index contributed by atoms with van der Waals surface area (Å²) in [6.45, 7) is 4.82. The summed E-state index contributed by atoms with van der Waals surface area (Å²) >= 11 is 0. The van der Waals surface area contributed by atoms with Crippen molar-refractivity contribution in [1.82, 2.24) is 4.98 Å². The summed E-state index contributed by atoms with van der Waals surface area (Å²) < 4.78 is 10.2. The summed E-state index contributed by atoms with van der Waals surface area (Å²) in [5.74, 6) is -0.407. The minimum atomic E-state index is -0.652. The summed E-state index contributed by atoms with van der Waals surface area (Å²) in [6, 6.07) is 1.19. The first kappa shape index (κ1) is 15.2. The molecule has 21 heavy (non-hydrogen) atoms. The maximum absolute atomic E-state index is 11.5. The zero-order valence-electron chi connectivity index (χ0n) is 12.1. The van der Waals surface area contributed by atoms with Crippen LogP contribution in [0.5, 0.6) is 0 Å². The fourth-order valence-electron chi connectivity index (χ4n) is 2.40. The van der Waals surface area contributed by atoms with E-state index in [0.717, 1.165) is 0 Å². The van der Waals surface area contributed by atoms with Gasteiger partial charge in [-0.1, -0.05) is 0 Å². The number of aromatic nitrogens is 1. The lowest BCUT2D eigenvalue weighted by Crippen LogP contribution is -2.46. The molecule has 1 aliphatic rings. The van der Waals surface area contributed by atoms with Crippen molar-refractivity contribution in [1.29, 1.82) is 0 Å². The van der Waals surface area contributed by atoms with Crippen molar-refractivity contribution in [2.45, 2.75) is 26.1 Å². The number of carbonyl (C=O) groups excluding carboxylic acids is 1. The van der Waals surface area contributed by atoms with Gasteiger partial charge in [0.05, 0.1) is 29.8 Å². The number of hydrogen-bond donors (Lipinski definition) is 0. The summed E-state index contributed by atoms with van der Waals surface area (Å²) in [5.41, 5.74) is -0.151. The summed E-state index contributed by atoms with van der Waals surface area (Å²) in [4.78, 5) is 28.1. The maximum atomic E-state index is 11.5. The van der Waals surface area contributed by atoms with Crippen LogP contribution in [-0.2, 0) is 9.47 Å². The maximum Gasteiger partial charge on any atom is 0.339 e. The average molecular weight is 295 g/mol. The molecule has 2 atom stereocenters. The summed E-state index contributed by atoms with van der Waals surface area (Å²) in [6.07, 6.45) is 1.20. The Bertz CT molecular complexity index is 553.